The van der Waals surface area contributed by atoms with Crippen molar-refractivity contribution in [3.63, 3.8) is 0 Å². The van der Waals surface area contributed by atoms with Crippen LogP contribution >= 0.6 is 0 Å². The number of ether oxygens (including phenoxy) is 1. The normalized spacial score (nSPS) is 10.2. The first-order valence-corrected chi connectivity index (χ1v) is 6.07. The molecule has 1 nitrogen and oxygen atoms in total. The highest BCUT2D eigenvalue weighted by Crippen LogP contribution is 2.26. The number of rotatable bonds is 4. The maximum Gasteiger partial charge on any atom is 0.118 e. The van der Waals surface area contributed by atoms with E-state index in [1.807, 2.05) is 12.1 Å². The Labute approximate surface area is 103 Å². The Balaban J connectivity index is 2.37. The van der Waals surface area contributed by atoms with E-state index in [-0.39, 0.29) is 0 Å². The van der Waals surface area contributed by atoms with Crippen molar-refractivity contribution in [2.45, 2.75) is 19.8 Å². The van der Waals surface area contributed by atoms with Gasteiger partial charge in [0, 0.05) is 0 Å². The van der Waals surface area contributed by atoms with Gasteiger partial charge in [0.2, 0.25) is 0 Å². The molecule has 0 radical (unpaired) electrons. The molecule has 0 saturated heterocycles. The number of hydrogen-bond acceptors (Lipinski definition) is 1. The van der Waals surface area contributed by atoms with Gasteiger partial charge in [0.1, 0.15) is 5.75 Å². The minimum absolute atomic E-state index is 0.904. The quantitative estimate of drug-likeness (QED) is 0.754. The molecule has 0 amide bonds. The van der Waals surface area contributed by atoms with Crippen LogP contribution in [0, 0.1) is 0 Å². The van der Waals surface area contributed by atoms with Crippen LogP contribution < -0.4 is 4.74 Å². The van der Waals surface area contributed by atoms with Crippen molar-refractivity contribution in [1.29, 1.82) is 0 Å². The van der Waals surface area contributed by atoms with Crippen LogP contribution in [0.2, 0.25) is 0 Å². The molecule has 17 heavy (non-hydrogen) atoms. The van der Waals surface area contributed by atoms with E-state index in [0.29, 0.717) is 0 Å². The van der Waals surface area contributed by atoms with E-state index in [9.17, 15) is 0 Å². The predicted molar refractivity (Wildman–Crippen MR) is 72.4 cm³/mol. The zero-order chi connectivity index (χ0) is 12.1. The molecule has 0 N–H and O–H groups in total. The summed E-state index contributed by atoms with van der Waals surface area (Å²) in [6.45, 7) is 2.21. The molecule has 88 valence electrons. The summed E-state index contributed by atoms with van der Waals surface area (Å²) in [6, 6.07) is 16.9. The van der Waals surface area contributed by atoms with Gasteiger partial charge in [-0.15, -0.1) is 0 Å². The lowest BCUT2D eigenvalue weighted by Gasteiger charge is -2.09. The number of benzene rings is 2. The standard InChI is InChI=1S/C16H18O/c1-3-6-13-7-4-5-8-16(13)14-9-11-15(17-2)12-10-14/h4-5,7-12H,3,6H2,1-2H3. The molecule has 0 saturated carbocycles. The Kier molecular flexibility index (Phi) is 3.81. The van der Waals surface area contributed by atoms with Crippen molar-refractivity contribution >= 4 is 0 Å². The molecule has 0 spiro atoms. The molecule has 2 aromatic rings. The summed E-state index contributed by atoms with van der Waals surface area (Å²) in [6.07, 6.45) is 2.30. The van der Waals surface area contributed by atoms with Gasteiger partial charge in [-0.2, -0.15) is 0 Å². The fourth-order valence-electron chi connectivity index (χ4n) is 2.06. The second-order valence-corrected chi connectivity index (χ2v) is 4.14. The van der Waals surface area contributed by atoms with E-state index in [1.54, 1.807) is 7.11 Å². The predicted octanol–water partition coefficient (Wildman–Crippen LogP) is 4.31. The lowest BCUT2D eigenvalue weighted by atomic mass is 9.97. The van der Waals surface area contributed by atoms with E-state index in [2.05, 4.69) is 43.3 Å². The van der Waals surface area contributed by atoms with Crippen molar-refractivity contribution in [2.24, 2.45) is 0 Å². The molecule has 0 aromatic heterocycles. The second-order valence-electron chi connectivity index (χ2n) is 4.14. The third-order valence-electron chi connectivity index (χ3n) is 2.94. The molecular formula is C16H18O. The first-order valence-electron chi connectivity index (χ1n) is 6.07. The Morgan fingerprint density at radius 2 is 1.65 bits per heavy atom. The van der Waals surface area contributed by atoms with Crippen molar-refractivity contribution < 1.29 is 4.74 Å². The fourth-order valence-corrected chi connectivity index (χ4v) is 2.06. The van der Waals surface area contributed by atoms with Crippen LogP contribution in [0.25, 0.3) is 11.1 Å². The molecule has 0 unspecified atom stereocenters. The van der Waals surface area contributed by atoms with Crippen LogP contribution in [0.1, 0.15) is 18.9 Å². The van der Waals surface area contributed by atoms with Gasteiger partial charge in [-0.1, -0.05) is 49.7 Å². The number of methoxy groups -OCH3 is 1. The average Bonchev–Trinajstić information content (AvgIpc) is 2.40. The Hall–Kier alpha value is -1.76. The fraction of sp³-hybridized carbons (Fsp3) is 0.250. The molecule has 0 aliphatic rings. The third kappa shape index (κ3) is 2.68. The van der Waals surface area contributed by atoms with Gasteiger partial charge in [-0.25, -0.2) is 0 Å². The lowest BCUT2D eigenvalue weighted by Crippen LogP contribution is -1.89. The molecular weight excluding hydrogens is 208 g/mol. The summed E-state index contributed by atoms with van der Waals surface area (Å²) in [7, 11) is 1.69. The van der Waals surface area contributed by atoms with Gasteiger partial charge in [0.15, 0.2) is 0 Å². The maximum atomic E-state index is 5.18. The molecule has 0 heterocycles. The van der Waals surface area contributed by atoms with Gasteiger partial charge < -0.3 is 4.74 Å². The summed E-state index contributed by atoms with van der Waals surface area (Å²) >= 11 is 0. The van der Waals surface area contributed by atoms with Crippen LogP contribution in [0.4, 0.5) is 0 Å². The Morgan fingerprint density at radius 1 is 0.941 bits per heavy atom. The van der Waals surface area contributed by atoms with Crippen LogP contribution in [-0.2, 0) is 6.42 Å². The molecule has 0 bridgehead atoms. The Morgan fingerprint density at radius 3 is 2.29 bits per heavy atom. The van der Waals surface area contributed by atoms with Crippen LogP contribution in [0.15, 0.2) is 48.5 Å². The molecule has 1 heteroatoms. The molecule has 2 rings (SSSR count). The maximum absolute atomic E-state index is 5.18. The number of hydrogen-bond donors (Lipinski definition) is 0. The van der Waals surface area contributed by atoms with Crippen LogP contribution in [0.3, 0.4) is 0 Å². The first-order chi connectivity index (χ1) is 8.35. The molecule has 0 aliphatic heterocycles. The first kappa shape index (κ1) is 11.7. The van der Waals surface area contributed by atoms with Gasteiger partial charge in [0.05, 0.1) is 7.11 Å². The third-order valence-corrected chi connectivity index (χ3v) is 2.94. The minimum Gasteiger partial charge on any atom is -0.497 e. The average molecular weight is 226 g/mol. The SMILES string of the molecule is CCCc1ccccc1-c1ccc(OC)cc1. The topological polar surface area (TPSA) is 9.23 Å². The summed E-state index contributed by atoms with van der Waals surface area (Å²) in [4.78, 5) is 0. The minimum atomic E-state index is 0.904. The molecule has 0 atom stereocenters. The van der Waals surface area contributed by atoms with E-state index in [4.69, 9.17) is 4.74 Å². The number of aryl methyl sites for hydroxylation is 1. The van der Waals surface area contributed by atoms with E-state index < -0.39 is 0 Å². The van der Waals surface area contributed by atoms with Gasteiger partial charge >= 0.3 is 0 Å². The zero-order valence-corrected chi connectivity index (χ0v) is 10.4. The lowest BCUT2D eigenvalue weighted by molar-refractivity contribution is 0.415. The van der Waals surface area contributed by atoms with Crippen molar-refractivity contribution in [2.75, 3.05) is 7.11 Å². The molecule has 0 aliphatic carbocycles. The smallest absolute Gasteiger partial charge is 0.118 e. The molecule has 2 aromatic carbocycles. The van der Waals surface area contributed by atoms with Gasteiger partial charge in [-0.05, 0) is 35.2 Å². The van der Waals surface area contributed by atoms with E-state index >= 15 is 0 Å². The van der Waals surface area contributed by atoms with Gasteiger partial charge in [0.25, 0.3) is 0 Å². The summed E-state index contributed by atoms with van der Waals surface area (Å²) in [5.74, 6) is 0.904. The highest BCUT2D eigenvalue weighted by Gasteiger charge is 2.03. The van der Waals surface area contributed by atoms with Crippen LogP contribution in [-0.4, -0.2) is 7.11 Å². The second kappa shape index (κ2) is 5.53. The summed E-state index contributed by atoms with van der Waals surface area (Å²) < 4.78 is 5.18. The van der Waals surface area contributed by atoms with Crippen molar-refractivity contribution in [3.8, 4) is 16.9 Å². The van der Waals surface area contributed by atoms with Crippen molar-refractivity contribution in [1.82, 2.24) is 0 Å². The highest BCUT2D eigenvalue weighted by molar-refractivity contribution is 5.67. The monoisotopic (exact) mass is 226 g/mol. The summed E-state index contributed by atoms with van der Waals surface area (Å²) in [5.41, 5.74) is 4.01. The largest absolute Gasteiger partial charge is 0.497 e. The van der Waals surface area contributed by atoms with Gasteiger partial charge in [-0.3, -0.25) is 0 Å². The Bertz CT molecular complexity index is 471. The van der Waals surface area contributed by atoms with Crippen LogP contribution in [0.5, 0.6) is 5.75 Å². The van der Waals surface area contributed by atoms with E-state index in [0.717, 1.165) is 12.2 Å². The zero-order valence-electron chi connectivity index (χ0n) is 10.4. The van der Waals surface area contributed by atoms with Crippen molar-refractivity contribution in [3.05, 3.63) is 54.1 Å². The molecule has 0 fully saturated rings. The summed E-state index contributed by atoms with van der Waals surface area (Å²) in [5, 5.41) is 0. The highest BCUT2D eigenvalue weighted by atomic mass is 16.5. The van der Waals surface area contributed by atoms with E-state index in [1.165, 1.54) is 23.1 Å².